The van der Waals surface area contributed by atoms with Crippen molar-refractivity contribution in [1.82, 2.24) is 4.40 Å². The van der Waals surface area contributed by atoms with Crippen molar-refractivity contribution >= 4 is 23.5 Å². The summed E-state index contributed by atoms with van der Waals surface area (Å²) >= 11 is 0. The third-order valence-electron chi connectivity index (χ3n) is 3.55. The summed E-state index contributed by atoms with van der Waals surface area (Å²) in [4.78, 5) is 11.9. The smallest absolute Gasteiger partial charge is 0.176 e. The van der Waals surface area contributed by atoms with Gasteiger partial charge in [-0.15, -0.1) is 0 Å². The van der Waals surface area contributed by atoms with Crippen LogP contribution in [0.2, 0.25) is 0 Å². The summed E-state index contributed by atoms with van der Waals surface area (Å²) in [6.45, 7) is 1.51. The summed E-state index contributed by atoms with van der Waals surface area (Å²) in [5.74, 6) is -0.0583. The van der Waals surface area contributed by atoms with E-state index in [0.717, 1.165) is 16.8 Å². The summed E-state index contributed by atoms with van der Waals surface area (Å²) in [6.07, 6.45) is 3.95. The second-order valence-corrected chi connectivity index (χ2v) is 5.03. The minimum Gasteiger partial charge on any atom is -0.306 e. The molecule has 0 N–H and O–H groups in total. The van der Waals surface area contributed by atoms with Gasteiger partial charge in [-0.1, -0.05) is 42.5 Å². The van der Waals surface area contributed by atoms with E-state index in [1.807, 2.05) is 65.1 Å². The first-order valence-corrected chi connectivity index (χ1v) is 6.99. The van der Waals surface area contributed by atoms with Crippen LogP contribution in [0.4, 0.5) is 0 Å². The van der Waals surface area contributed by atoms with Crippen LogP contribution in [-0.4, -0.2) is 10.2 Å². The van der Waals surface area contributed by atoms with Gasteiger partial charge >= 0.3 is 0 Å². The lowest BCUT2D eigenvalue weighted by atomic mass is 10.2. The summed E-state index contributed by atoms with van der Waals surface area (Å²) < 4.78 is 1.83. The number of ketones is 1. The molecule has 0 radical (unpaired) electrons. The molecular weight excluding hydrogens is 272 g/mol. The quantitative estimate of drug-likeness (QED) is 0.678. The molecule has 0 unspecified atom stereocenters. The molecule has 0 aliphatic heterocycles. The van der Waals surface area contributed by atoms with E-state index in [9.17, 15) is 10.1 Å². The number of Topliss-reactive ketones (excluding diaryl/α,β-unsaturated/α-hetero) is 1. The third-order valence-corrected chi connectivity index (χ3v) is 3.55. The van der Waals surface area contributed by atoms with Gasteiger partial charge in [0.2, 0.25) is 0 Å². The highest BCUT2D eigenvalue weighted by atomic mass is 16.1. The number of aromatic nitrogens is 1. The SMILES string of the molecule is CC(=O)c1cc(C#N)c2cccc(/C=C/c3ccccc3)n12. The number of pyridine rings is 1. The molecule has 0 amide bonds. The minimum atomic E-state index is -0.0583. The van der Waals surface area contributed by atoms with Gasteiger partial charge in [0.15, 0.2) is 5.78 Å². The first-order chi connectivity index (χ1) is 10.7. The summed E-state index contributed by atoms with van der Waals surface area (Å²) in [5.41, 5.74) is 3.74. The van der Waals surface area contributed by atoms with E-state index in [1.165, 1.54) is 6.92 Å². The van der Waals surface area contributed by atoms with Crippen LogP contribution in [0.3, 0.4) is 0 Å². The highest BCUT2D eigenvalue weighted by molar-refractivity contribution is 5.95. The second kappa shape index (κ2) is 5.71. The van der Waals surface area contributed by atoms with Crippen molar-refractivity contribution in [2.24, 2.45) is 0 Å². The molecule has 3 heteroatoms. The van der Waals surface area contributed by atoms with Crippen LogP contribution in [-0.2, 0) is 0 Å². The molecule has 1 aromatic carbocycles. The van der Waals surface area contributed by atoms with E-state index in [2.05, 4.69) is 6.07 Å². The summed E-state index contributed by atoms with van der Waals surface area (Å²) in [7, 11) is 0. The number of hydrogen-bond acceptors (Lipinski definition) is 2. The molecule has 0 aliphatic carbocycles. The molecule has 3 rings (SSSR count). The van der Waals surface area contributed by atoms with Crippen LogP contribution in [0, 0.1) is 11.3 Å². The molecule has 3 aromatic rings. The molecule has 0 saturated heterocycles. The number of nitrogens with zero attached hydrogens (tertiary/aromatic N) is 2. The van der Waals surface area contributed by atoms with Crippen LogP contribution in [0.15, 0.2) is 54.6 Å². The number of hydrogen-bond donors (Lipinski definition) is 0. The Balaban J connectivity index is 2.18. The predicted octanol–water partition coefficient (Wildman–Crippen LogP) is 4.18. The van der Waals surface area contributed by atoms with E-state index < -0.39 is 0 Å². The topological polar surface area (TPSA) is 45.3 Å². The zero-order valence-electron chi connectivity index (χ0n) is 12.2. The highest BCUT2D eigenvalue weighted by Gasteiger charge is 2.13. The third kappa shape index (κ3) is 2.43. The van der Waals surface area contributed by atoms with Gasteiger partial charge in [-0.2, -0.15) is 5.26 Å². The number of rotatable bonds is 3. The van der Waals surface area contributed by atoms with Crippen molar-refractivity contribution in [2.45, 2.75) is 6.92 Å². The van der Waals surface area contributed by atoms with E-state index in [4.69, 9.17) is 0 Å². The maximum atomic E-state index is 11.9. The van der Waals surface area contributed by atoms with Crippen molar-refractivity contribution in [2.75, 3.05) is 0 Å². The zero-order valence-corrected chi connectivity index (χ0v) is 12.2. The fourth-order valence-corrected chi connectivity index (χ4v) is 2.50. The van der Waals surface area contributed by atoms with Gasteiger partial charge in [0.05, 0.1) is 16.8 Å². The standard InChI is InChI=1S/C19H14N2O/c1-14(22)19-12-16(13-20)18-9-5-8-17(21(18)19)11-10-15-6-3-2-4-7-15/h2-12H,1H3/b11-10+. The Hall–Kier alpha value is -3.12. The maximum absolute atomic E-state index is 11.9. The molecule has 0 saturated carbocycles. The van der Waals surface area contributed by atoms with E-state index in [0.29, 0.717) is 11.3 Å². The number of nitriles is 1. The molecule has 22 heavy (non-hydrogen) atoms. The lowest BCUT2D eigenvalue weighted by molar-refractivity contribution is 0.101. The summed E-state index contributed by atoms with van der Waals surface area (Å²) in [6, 6.07) is 19.4. The number of benzene rings is 1. The van der Waals surface area contributed by atoms with Crippen molar-refractivity contribution in [3.05, 3.63) is 77.1 Å². The van der Waals surface area contributed by atoms with Gasteiger partial charge in [0.1, 0.15) is 6.07 Å². The average molecular weight is 286 g/mol. The Morgan fingerprint density at radius 1 is 1.09 bits per heavy atom. The molecule has 0 bridgehead atoms. The molecular formula is C19H14N2O. The largest absolute Gasteiger partial charge is 0.306 e. The predicted molar refractivity (Wildman–Crippen MR) is 87.5 cm³/mol. The van der Waals surface area contributed by atoms with Crippen LogP contribution in [0.1, 0.15) is 34.2 Å². The van der Waals surface area contributed by atoms with Crippen molar-refractivity contribution in [1.29, 1.82) is 5.26 Å². The molecule has 0 spiro atoms. The van der Waals surface area contributed by atoms with E-state index >= 15 is 0 Å². The average Bonchev–Trinajstić information content (AvgIpc) is 2.93. The minimum absolute atomic E-state index is 0.0583. The first kappa shape index (κ1) is 13.8. The molecule has 0 atom stereocenters. The van der Waals surface area contributed by atoms with Gasteiger partial charge in [-0.3, -0.25) is 4.79 Å². The number of carbonyl (C=O) groups is 1. The van der Waals surface area contributed by atoms with Crippen LogP contribution >= 0.6 is 0 Å². The van der Waals surface area contributed by atoms with Crippen LogP contribution in [0.5, 0.6) is 0 Å². The number of fused-ring (bicyclic) bond motifs is 1. The second-order valence-electron chi connectivity index (χ2n) is 5.03. The zero-order chi connectivity index (χ0) is 15.5. The highest BCUT2D eigenvalue weighted by Crippen LogP contribution is 2.21. The number of carbonyl (C=O) groups excluding carboxylic acids is 1. The van der Waals surface area contributed by atoms with Gasteiger partial charge in [-0.25, -0.2) is 0 Å². The fraction of sp³-hybridized carbons (Fsp3) is 0.0526. The molecule has 2 heterocycles. The van der Waals surface area contributed by atoms with E-state index in [1.54, 1.807) is 6.07 Å². The maximum Gasteiger partial charge on any atom is 0.176 e. The fourth-order valence-electron chi connectivity index (χ4n) is 2.50. The van der Waals surface area contributed by atoms with Crippen molar-refractivity contribution < 1.29 is 4.79 Å². The van der Waals surface area contributed by atoms with E-state index in [-0.39, 0.29) is 5.78 Å². The Labute approximate surface area is 128 Å². The lowest BCUT2D eigenvalue weighted by Crippen LogP contribution is -2.01. The van der Waals surface area contributed by atoms with Crippen LogP contribution in [0.25, 0.3) is 17.7 Å². The Morgan fingerprint density at radius 2 is 1.86 bits per heavy atom. The molecule has 2 aromatic heterocycles. The van der Waals surface area contributed by atoms with Gasteiger partial charge < -0.3 is 4.40 Å². The summed E-state index contributed by atoms with van der Waals surface area (Å²) in [5, 5.41) is 9.24. The van der Waals surface area contributed by atoms with Crippen LogP contribution < -0.4 is 0 Å². The first-order valence-electron chi connectivity index (χ1n) is 6.99. The van der Waals surface area contributed by atoms with Crippen molar-refractivity contribution in [3.8, 4) is 6.07 Å². The normalized spacial score (nSPS) is 10.9. The Kier molecular flexibility index (Phi) is 3.59. The van der Waals surface area contributed by atoms with Gasteiger partial charge in [0, 0.05) is 12.6 Å². The van der Waals surface area contributed by atoms with Crippen molar-refractivity contribution in [3.63, 3.8) is 0 Å². The monoisotopic (exact) mass is 286 g/mol. The Morgan fingerprint density at radius 3 is 2.55 bits per heavy atom. The lowest BCUT2D eigenvalue weighted by Gasteiger charge is -2.05. The Bertz CT molecular complexity index is 912. The molecule has 3 nitrogen and oxygen atoms in total. The van der Waals surface area contributed by atoms with Gasteiger partial charge in [-0.05, 0) is 29.8 Å². The molecule has 0 aliphatic rings. The molecule has 106 valence electrons. The van der Waals surface area contributed by atoms with Gasteiger partial charge in [0.25, 0.3) is 0 Å². The molecule has 0 fully saturated rings.